The van der Waals surface area contributed by atoms with Crippen molar-refractivity contribution in [1.29, 1.82) is 0 Å². The Labute approximate surface area is 344 Å². The van der Waals surface area contributed by atoms with E-state index >= 15 is 0 Å². The number of rotatable bonds is 41. The average molecular weight is 799 g/mol. The number of ether oxygens (including phenoxy) is 4. The molecule has 1 saturated heterocycles. The van der Waals surface area contributed by atoms with Gasteiger partial charge in [0.05, 0.1) is 19.8 Å². The van der Waals surface area contributed by atoms with Crippen LogP contribution in [-0.4, -0.2) is 89.6 Å². The van der Waals surface area contributed by atoms with Crippen LogP contribution in [0.4, 0.5) is 0 Å². The number of hydrogen-bond acceptors (Lipinski definition) is 9. The zero-order chi connectivity index (χ0) is 40.7. The number of esters is 1. The van der Waals surface area contributed by atoms with E-state index in [1.54, 1.807) is 0 Å². The summed E-state index contributed by atoms with van der Waals surface area (Å²) >= 11 is 0. The van der Waals surface area contributed by atoms with Crippen LogP contribution < -0.4 is 0 Å². The van der Waals surface area contributed by atoms with Gasteiger partial charge in [0.1, 0.15) is 30.5 Å². The van der Waals surface area contributed by atoms with Gasteiger partial charge in [-0.1, -0.05) is 187 Å². The first kappa shape index (κ1) is 52.9. The molecule has 6 unspecified atom stereocenters. The summed E-state index contributed by atoms with van der Waals surface area (Å²) in [5, 5.41) is 40.1. The zero-order valence-electron chi connectivity index (χ0n) is 36.4. The van der Waals surface area contributed by atoms with Crippen molar-refractivity contribution in [3.63, 3.8) is 0 Å². The highest BCUT2D eigenvalue weighted by atomic mass is 16.7. The van der Waals surface area contributed by atoms with Crippen molar-refractivity contribution in [2.45, 2.75) is 256 Å². The minimum Gasteiger partial charge on any atom is -0.457 e. The number of aliphatic hydroxyl groups is 4. The van der Waals surface area contributed by atoms with Crippen molar-refractivity contribution in [2.75, 3.05) is 26.4 Å². The Morgan fingerprint density at radius 3 is 1.48 bits per heavy atom. The van der Waals surface area contributed by atoms with Crippen LogP contribution in [0.25, 0.3) is 0 Å². The van der Waals surface area contributed by atoms with Gasteiger partial charge in [0, 0.05) is 13.0 Å². The quantitative estimate of drug-likeness (QED) is 0.0271. The molecular weight excluding hydrogens is 709 g/mol. The fourth-order valence-electron chi connectivity index (χ4n) is 7.43. The van der Waals surface area contributed by atoms with Crippen LogP contribution in [0.3, 0.4) is 0 Å². The van der Waals surface area contributed by atoms with Gasteiger partial charge in [-0.15, -0.1) is 0 Å². The Balaban J connectivity index is 2.21. The number of allylic oxidation sites excluding steroid dienone is 2. The van der Waals surface area contributed by atoms with Gasteiger partial charge in [-0.3, -0.25) is 4.79 Å². The molecule has 1 heterocycles. The van der Waals surface area contributed by atoms with E-state index in [0.717, 1.165) is 32.1 Å². The molecule has 6 atom stereocenters. The lowest BCUT2D eigenvalue weighted by Crippen LogP contribution is -2.59. The summed E-state index contributed by atoms with van der Waals surface area (Å²) in [5.41, 5.74) is 0. The van der Waals surface area contributed by atoms with Crippen LogP contribution in [0, 0.1) is 0 Å². The van der Waals surface area contributed by atoms with E-state index in [2.05, 4.69) is 26.0 Å². The lowest BCUT2D eigenvalue weighted by molar-refractivity contribution is -0.305. The normalized spacial score (nSPS) is 20.6. The zero-order valence-corrected chi connectivity index (χ0v) is 36.4. The largest absolute Gasteiger partial charge is 0.457 e. The van der Waals surface area contributed by atoms with E-state index in [-0.39, 0.29) is 19.2 Å². The Bertz CT molecular complexity index is 869. The molecule has 0 aromatic heterocycles. The summed E-state index contributed by atoms with van der Waals surface area (Å²) in [6, 6.07) is 0. The van der Waals surface area contributed by atoms with Crippen molar-refractivity contribution < 1.29 is 44.2 Å². The van der Waals surface area contributed by atoms with Crippen molar-refractivity contribution in [3.05, 3.63) is 12.2 Å². The lowest BCUT2D eigenvalue weighted by Gasteiger charge is -2.39. The summed E-state index contributed by atoms with van der Waals surface area (Å²) in [6.07, 6.45) is 36.7. The number of unbranched alkanes of at least 4 members (excludes halogenated alkanes) is 28. The summed E-state index contributed by atoms with van der Waals surface area (Å²) in [4.78, 5) is 12.8. The van der Waals surface area contributed by atoms with E-state index in [0.29, 0.717) is 13.0 Å². The highest BCUT2D eigenvalue weighted by Crippen LogP contribution is 2.23. The summed E-state index contributed by atoms with van der Waals surface area (Å²) in [6.45, 7) is 4.56. The third-order valence-corrected chi connectivity index (χ3v) is 11.2. The molecule has 1 aliphatic heterocycles. The van der Waals surface area contributed by atoms with Crippen molar-refractivity contribution in [2.24, 2.45) is 0 Å². The van der Waals surface area contributed by atoms with Gasteiger partial charge < -0.3 is 39.4 Å². The summed E-state index contributed by atoms with van der Waals surface area (Å²) in [7, 11) is 0. The Hall–Kier alpha value is -1.07. The second-order valence-corrected chi connectivity index (χ2v) is 16.6. The minimum atomic E-state index is -1.53. The molecule has 1 fully saturated rings. The van der Waals surface area contributed by atoms with E-state index in [9.17, 15) is 25.2 Å². The standard InChI is InChI=1S/C47H90O9/c1-3-5-7-9-11-13-15-17-18-19-20-21-22-23-24-26-28-30-32-34-36-43(49)55-41(40-54-47-46(52)45(51)44(50)42(38-48)56-47)39-53-37-35-33-31-29-27-25-16-14-12-10-8-6-4-2/h12,14,41-42,44-48,50-52H,3-11,13,15-40H2,1-2H3/b14-12-. The molecular formula is C47H90O9. The van der Waals surface area contributed by atoms with E-state index < -0.39 is 43.4 Å². The van der Waals surface area contributed by atoms with Gasteiger partial charge in [-0.05, 0) is 38.5 Å². The van der Waals surface area contributed by atoms with Crippen LogP contribution in [0.1, 0.15) is 219 Å². The maximum atomic E-state index is 12.8. The molecule has 4 N–H and O–H groups in total. The SMILES string of the molecule is CCCCC/C=C\CCCCCCCCOCC(COC1OC(CO)C(O)C(O)C1O)OC(=O)CCCCCCCCCCCCCCCCCCCCCC. The molecule has 0 amide bonds. The molecule has 0 aliphatic carbocycles. The molecule has 9 heteroatoms. The number of carbonyl (C=O) groups is 1. The van der Waals surface area contributed by atoms with Gasteiger partial charge in [-0.2, -0.15) is 0 Å². The molecule has 0 saturated carbocycles. The highest BCUT2D eigenvalue weighted by Gasteiger charge is 2.44. The monoisotopic (exact) mass is 799 g/mol. The van der Waals surface area contributed by atoms with E-state index in [4.69, 9.17) is 18.9 Å². The van der Waals surface area contributed by atoms with Crippen LogP contribution in [0.5, 0.6) is 0 Å². The first-order valence-electron chi connectivity index (χ1n) is 23.8. The number of hydrogen-bond donors (Lipinski definition) is 4. The van der Waals surface area contributed by atoms with Crippen LogP contribution in [0.15, 0.2) is 12.2 Å². The van der Waals surface area contributed by atoms with Crippen LogP contribution >= 0.6 is 0 Å². The molecule has 332 valence electrons. The minimum absolute atomic E-state index is 0.110. The second kappa shape index (κ2) is 39.4. The molecule has 0 spiro atoms. The fourth-order valence-corrected chi connectivity index (χ4v) is 7.43. The Morgan fingerprint density at radius 2 is 0.982 bits per heavy atom. The molecule has 0 aromatic rings. The van der Waals surface area contributed by atoms with E-state index in [1.807, 2.05) is 0 Å². The Kier molecular flexibility index (Phi) is 37.2. The maximum Gasteiger partial charge on any atom is 0.306 e. The van der Waals surface area contributed by atoms with Crippen LogP contribution in [0.2, 0.25) is 0 Å². The van der Waals surface area contributed by atoms with Crippen molar-refractivity contribution in [3.8, 4) is 0 Å². The molecule has 0 bridgehead atoms. The van der Waals surface area contributed by atoms with Crippen molar-refractivity contribution >= 4 is 5.97 Å². The summed E-state index contributed by atoms with van der Waals surface area (Å²) < 4.78 is 22.8. The van der Waals surface area contributed by atoms with Gasteiger partial charge in [0.15, 0.2) is 6.29 Å². The number of carbonyl (C=O) groups excluding carboxylic acids is 1. The summed E-state index contributed by atoms with van der Waals surface area (Å²) in [5.74, 6) is -0.311. The lowest BCUT2D eigenvalue weighted by atomic mass is 9.99. The topological polar surface area (TPSA) is 135 Å². The average Bonchev–Trinajstić information content (AvgIpc) is 3.20. The first-order valence-corrected chi connectivity index (χ1v) is 23.8. The fraction of sp³-hybridized carbons (Fsp3) is 0.936. The molecule has 9 nitrogen and oxygen atoms in total. The predicted molar refractivity (Wildman–Crippen MR) is 229 cm³/mol. The molecule has 56 heavy (non-hydrogen) atoms. The molecule has 0 aromatic carbocycles. The number of aliphatic hydroxyl groups excluding tert-OH is 4. The Morgan fingerprint density at radius 1 is 0.554 bits per heavy atom. The second-order valence-electron chi connectivity index (χ2n) is 16.6. The third-order valence-electron chi connectivity index (χ3n) is 11.2. The third kappa shape index (κ3) is 30.0. The van der Waals surface area contributed by atoms with Gasteiger partial charge in [0.25, 0.3) is 0 Å². The highest BCUT2D eigenvalue weighted by molar-refractivity contribution is 5.69. The van der Waals surface area contributed by atoms with Crippen LogP contribution in [-0.2, 0) is 23.7 Å². The van der Waals surface area contributed by atoms with Gasteiger partial charge >= 0.3 is 5.97 Å². The molecule has 0 radical (unpaired) electrons. The maximum absolute atomic E-state index is 12.8. The smallest absolute Gasteiger partial charge is 0.306 e. The first-order chi connectivity index (χ1) is 27.4. The van der Waals surface area contributed by atoms with Gasteiger partial charge in [-0.25, -0.2) is 0 Å². The predicted octanol–water partition coefficient (Wildman–Crippen LogP) is 10.8. The molecule has 1 aliphatic rings. The van der Waals surface area contributed by atoms with E-state index in [1.165, 1.54) is 167 Å². The van der Waals surface area contributed by atoms with Crippen molar-refractivity contribution in [1.82, 2.24) is 0 Å². The molecule has 1 rings (SSSR count). The van der Waals surface area contributed by atoms with Gasteiger partial charge in [0.2, 0.25) is 0 Å².